The second kappa shape index (κ2) is 9.71. The summed E-state index contributed by atoms with van der Waals surface area (Å²) in [5, 5.41) is 6.38. The lowest BCUT2D eigenvalue weighted by Gasteiger charge is -2.24. The van der Waals surface area contributed by atoms with E-state index >= 15 is 0 Å². The Bertz CT molecular complexity index is 309. The molecule has 0 radical (unpaired) electrons. The summed E-state index contributed by atoms with van der Waals surface area (Å²) in [5.74, 6) is 0.102. The third-order valence-corrected chi connectivity index (χ3v) is 2.44. The third kappa shape index (κ3) is 5.73. The maximum absolute atomic E-state index is 13.2. The molecule has 7 heteroatoms. The largest absolute Gasteiger partial charge is 0.365 e. The fourth-order valence-electron chi connectivity index (χ4n) is 1.65. The van der Waals surface area contributed by atoms with Crippen LogP contribution in [0.4, 0.5) is 10.2 Å². The monoisotopic (exact) mass is 303 g/mol. The molecule has 0 aliphatic carbocycles. The third-order valence-electron chi connectivity index (χ3n) is 2.44. The zero-order valence-corrected chi connectivity index (χ0v) is 11.6. The molecule has 1 aliphatic heterocycles. The normalized spacial score (nSPS) is 14.9. The predicted octanol–water partition coefficient (Wildman–Crippen LogP) is 2.65. The van der Waals surface area contributed by atoms with Crippen LogP contribution in [0.15, 0.2) is 18.3 Å². The maximum atomic E-state index is 13.2. The minimum atomic E-state index is -0.272. The molecule has 1 fully saturated rings. The van der Waals surface area contributed by atoms with Gasteiger partial charge in [-0.05, 0) is 38.1 Å². The number of anilines is 1. The van der Waals surface area contributed by atoms with Crippen LogP contribution in [0.1, 0.15) is 12.8 Å². The van der Waals surface area contributed by atoms with Crippen molar-refractivity contribution in [1.82, 2.24) is 10.3 Å². The second-order valence-electron chi connectivity index (χ2n) is 3.50. The Morgan fingerprint density at radius 2 is 1.88 bits per heavy atom. The van der Waals surface area contributed by atoms with Crippen molar-refractivity contribution in [2.75, 3.05) is 18.4 Å². The molecule has 0 spiro atoms. The molecule has 2 rings (SSSR count). The molecule has 2 N–H and O–H groups in total. The molecule has 1 aliphatic rings. The van der Waals surface area contributed by atoms with Crippen LogP contribution in [0.2, 0.25) is 0 Å². The Kier molecular flexibility index (Phi) is 10.9. The number of pyridine rings is 1. The number of hydrogen-bond donors (Lipinski definition) is 2. The average molecular weight is 305 g/mol. The number of hydrogen-bond acceptors (Lipinski definition) is 3. The first-order chi connectivity index (χ1) is 6.86. The van der Waals surface area contributed by atoms with E-state index in [-0.39, 0.29) is 43.0 Å². The lowest BCUT2D eigenvalue weighted by atomic mass is 10.1. The van der Waals surface area contributed by atoms with E-state index in [4.69, 9.17) is 0 Å². The minimum Gasteiger partial charge on any atom is -0.365 e. The number of halogens is 4. The summed E-state index contributed by atoms with van der Waals surface area (Å²) in [5.41, 5.74) is 0. The zero-order valence-electron chi connectivity index (χ0n) is 9.19. The van der Waals surface area contributed by atoms with Crippen molar-refractivity contribution in [3.63, 3.8) is 0 Å². The van der Waals surface area contributed by atoms with Crippen LogP contribution in [0.5, 0.6) is 0 Å². The van der Waals surface area contributed by atoms with Crippen LogP contribution in [0.3, 0.4) is 0 Å². The van der Waals surface area contributed by atoms with Crippen molar-refractivity contribution in [2.24, 2.45) is 0 Å². The molecule has 3 nitrogen and oxygen atoms in total. The van der Waals surface area contributed by atoms with Gasteiger partial charge in [0.2, 0.25) is 0 Å². The smallest absolute Gasteiger partial charge is 0.165 e. The first-order valence-corrected chi connectivity index (χ1v) is 4.94. The van der Waals surface area contributed by atoms with Gasteiger partial charge in [-0.2, -0.15) is 0 Å². The van der Waals surface area contributed by atoms with Crippen LogP contribution in [-0.2, 0) is 0 Å². The Balaban J connectivity index is 0. The van der Waals surface area contributed by atoms with E-state index in [0.29, 0.717) is 11.9 Å². The van der Waals surface area contributed by atoms with Gasteiger partial charge >= 0.3 is 0 Å². The molecular weight excluding hydrogens is 287 g/mol. The minimum absolute atomic E-state index is 0. The van der Waals surface area contributed by atoms with Crippen molar-refractivity contribution in [3.8, 4) is 0 Å². The Morgan fingerprint density at radius 3 is 2.47 bits per heavy atom. The molecule has 100 valence electrons. The van der Waals surface area contributed by atoms with Crippen molar-refractivity contribution in [3.05, 3.63) is 24.1 Å². The summed E-state index contributed by atoms with van der Waals surface area (Å²) in [4.78, 5) is 3.97. The standard InChI is InChI=1S/C10H14FN3.3ClH/c11-9-2-1-5-13-10(9)14-8-3-6-12-7-4-8;;;/h1-2,5,8,12H,3-4,6-7H2,(H,13,14);3*1H. The quantitative estimate of drug-likeness (QED) is 0.882. The van der Waals surface area contributed by atoms with Crippen LogP contribution in [0.25, 0.3) is 0 Å². The van der Waals surface area contributed by atoms with Crippen LogP contribution >= 0.6 is 37.2 Å². The fraction of sp³-hybridized carbons (Fsp3) is 0.500. The summed E-state index contributed by atoms with van der Waals surface area (Å²) >= 11 is 0. The van der Waals surface area contributed by atoms with Gasteiger partial charge < -0.3 is 10.6 Å². The van der Waals surface area contributed by atoms with Gasteiger partial charge in [-0.1, -0.05) is 0 Å². The molecule has 0 amide bonds. The highest BCUT2D eigenvalue weighted by atomic mass is 35.5. The summed E-state index contributed by atoms with van der Waals surface area (Å²) in [7, 11) is 0. The highest BCUT2D eigenvalue weighted by Crippen LogP contribution is 2.13. The molecule has 1 aromatic heterocycles. The number of nitrogens with zero attached hydrogens (tertiary/aromatic N) is 1. The van der Waals surface area contributed by atoms with Gasteiger partial charge in [-0.3, -0.25) is 0 Å². The molecule has 1 aromatic rings. The summed E-state index contributed by atoms with van der Waals surface area (Å²) in [6, 6.07) is 3.37. The lowest BCUT2D eigenvalue weighted by molar-refractivity contribution is 0.475. The SMILES string of the molecule is Cl.Cl.Cl.Fc1cccnc1NC1CCNCC1. The first kappa shape index (κ1) is 19.1. The van der Waals surface area contributed by atoms with Gasteiger partial charge in [0.1, 0.15) is 0 Å². The predicted molar refractivity (Wildman–Crippen MR) is 75.5 cm³/mol. The highest BCUT2D eigenvalue weighted by molar-refractivity contribution is 5.86. The second-order valence-corrected chi connectivity index (χ2v) is 3.50. The Labute approximate surface area is 119 Å². The van der Waals surface area contributed by atoms with Gasteiger partial charge in [0.05, 0.1) is 0 Å². The number of rotatable bonds is 2. The molecule has 1 saturated heterocycles. The Morgan fingerprint density at radius 1 is 1.24 bits per heavy atom. The average Bonchev–Trinajstić information content (AvgIpc) is 2.23. The number of aromatic nitrogens is 1. The lowest BCUT2D eigenvalue weighted by Crippen LogP contribution is -2.35. The molecule has 0 bridgehead atoms. The van der Waals surface area contributed by atoms with Crippen molar-refractivity contribution in [2.45, 2.75) is 18.9 Å². The summed E-state index contributed by atoms with van der Waals surface area (Å²) < 4.78 is 13.2. The van der Waals surface area contributed by atoms with Gasteiger partial charge in [0, 0.05) is 12.2 Å². The van der Waals surface area contributed by atoms with E-state index in [1.54, 1.807) is 12.3 Å². The summed E-state index contributed by atoms with van der Waals surface area (Å²) in [6.07, 6.45) is 3.65. The fourth-order valence-corrected chi connectivity index (χ4v) is 1.65. The van der Waals surface area contributed by atoms with E-state index in [1.807, 2.05) is 0 Å². The summed E-state index contributed by atoms with van der Waals surface area (Å²) in [6.45, 7) is 1.98. The maximum Gasteiger partial charge on any atom is 0.165 e. The van der Waals surface area contributed by atoms with Crippen molar-refractivity contribution in [1.29, 1.82) is 0 Å². The van der Waals surface area contributed by atoms with E-state index in [2.05, 4.69) is 15.6 Å². The van der Waals surface area contributed by atoms with E-state index in [1.165, 1.54) is 6.07 Å². The van der Waals surface area contributed by atoms with Crippen molar-refractivity contribution >= 4 is 43.0 Å². The molecule has 0 unspecified atom stereocenters. The molecule has 2 heterocycles. The van der Waals surface area contributed by atoms with Gasteiger partial charge in [0.25, 0.3) is 0 Å². The van der Waals surface area contributed by atoms with Gasteiger partial charge in [-0.25, -0.2) is 9.37 Å². The molecule has 0 saturated carbocycles. The molecule has 17 heavy (non-hydrogen) atoms. The topological polar surface area (TPSA) is 37.0 Å². The van der Waals surface area contributed by atoms with E-state index in [0.717, 1.165) is 25.9 Å². The highest BCUT2D eigenvalue weighted by Gasteiger charge is 2.14. The van der Waals surface area contributed by atoms with Crippen molar-refractivity contribution < 1.29 is 4.39 Å². The first-order valence-electron chi connectivity index (χ1n) is 4.94. The van der Waals surface area contributed by atoms with Crippen LogP contribution in [0, 0.1) is 5.82 Å². The van der Waals surface area contributed by atoms with E-state index < -0.39 is 0 Å². The molecular formula is C10H17Cl3FN3. The van der Waals surface area contributed by atoms with E-state index in [9.17, 15) is 4.39 Å². The Hall–Kier alpha value is -0.290. The van der Waals surface area contributed by atoms with Crippen LogP contribution < -0.4 is 10.6 Å². The molecule has 0 atom stereocenters. The van der Waals surface area contributed by atoms with Gasteiger partial charge in [0.15, 0.2) is 11.6 Å². The zero-order chi connectivity index (χ0) is 9.80. The molecule has 0 aromatic carbocycles. The van der Waals surface area contributed by atoms with Gasteiger partial charge in [-0.15, -0.1) is 37.2 Å². The van der Waals surface area contributed by atoms with Crippen LogP contribution in [-0.4, -0.2) is 24.1 Å². The number of piperidine rings is 1. The number of nitrogens with one attached hydrogen (secondary N) is 2.